The third-order valence-corrected chi connectivity index (χ3v) is 5.12. The van der Waals surface area contributed by atoms with E-state index in [0.717, 1.165) is 17.0 Å². The van der Waals surface area contributed by atoms with E-state index in [-0.39, 0.29) is 0 Å². The number of nitrogens with zero attached hydrogens (tertiary/aromatic N) is 4. The number of thioether (sulfide) groups is 1. The number of aryl methyl sites for hydroxylation is 2. The van der Waals surface area contributed by atoms with Crippen molar-refractivity contribution in [1.29, 1.82) is 0 Å². The van der Waals surface area contributed by atoms with Crippen molar-refractivity contribution in [1.82, 2.24) is 20.0 Å². The second-order valence-corrected chi connectivity index (χ2v) is 7.00. The fourth-order valence-electron chi connectivity index (χ4n) is 2.57. The lowest BCUT2D eigenvalue weighted by Gasteiger charge is -2.03. The molecule has 5 nitrogen and oxygen atoms in total. The quantitative estimate of drug-likeness (QED) is 0.476. The Labute approximate surface area is 156 Å². The first-order valence-corrected chi connectivity index (χ1v) is 9.30. The van der Waals surface area contributed by atoms with Crippen LogP contribution in [0.25, 0.3) is 17.1 Å². The molecule has 0 saturated heterocycles. The summed E-state index contributed by atoms with van der Waals surface area (Å²) in [5.74, 6) is 1.33. The van der Waals surface area contributed by atoms with Crippen LogP contribution in [0.5, 0.6) is 0 Å². The van der Waals surface area contributed by atoms with Gasteiger partial charge in [-0.2, -0.15) is 5.10 Å². The molecule has 0 fully saturated rings. The standard InChI is InChI=1S/C20H18N4OS/c1-14-4-7-17(12-15(14)2)19-22-23-20(25-19)26-13-16-5-8-18(9-6-16)24-11-3-10-21-24/h3-12H,13H2,1-2H3. The van der Waals surface area contributed by atoms with Crippen molar-refractivity contribution in [2.75, 3.05) is 0 Å². The topological polar surface area (TPSA) is 56.7 Å². The van der Waals surface area contributed by atoms with E-state index in [4.69, 9.17) is 4.42 Å². The molecule has 130 valence electrons. The van der Waals surface area contributed by atoms with Crippen LogP contribution >= 0.6 is 11.8 Å². The minimum Gasteiger partial charge on any atom is -0.411 e. The molecule has 0 spiro atoms. The Morgan fingerprint density at radius 2 is 1.85 bits per heavy atom. The summed E-state index contributed by atoms with van der Waals surface area (Å²) in [6.07, 6.45) is 3.70. The van der Waals surface area contributed by atoms with Gasteiger partial charge in [-0.15, -0.1) is 10.2 Å². The lowest BCUT2D eigenvalue weighted by Crippen LogP contribution is -1.93. The highest BCUT2D eigenvalue weighted by atomic mass is 32.2. The van der Waals surface area contributed by atoms with E-state index in [9.17, 15) is 0 Å². The maximum atomic E-state index is 5.80. The normalized spacial score (nSPS) is 11.0. The van der Waals surface area contributed by atoms with Gasteiger partial charge in [0.15, 0.2) is 0 Å². The molecule has 0 aliphatic rings. The first-order chi connectivity index (χ1) is 12.7. The minimum atomic E-state index is 0.560. The molecule has 0 aliphatic heterocycles. The molecule has 0 saturated carbocycles. The van der Waals surface area contributed by atoms with E-state index in [1.807, 2.05) is 23.0 Å². The Kier molecular flexibility index (Phi) is 4.58. The number of hydrogen-bond acceptors (Lipinski definition) is 5. The highest BCUT2D eigenvalue weighted by molar-refractivity contribution is 7.98. The van der Waals surface area contributed by atoms with Crippen LogP contribution in [0.2, 0.25) is 0 Å². The van der Waals surface area contributed by atoms with E-state index in [1.54, 1.807) is 6.20 Å². The summed E-state index contributed by atoms with van der Waals surface area (Å²) in [4.78, 5) is 0. The summed E-state index contributed by atoms with van der Waals surface area (Å²) in [6, 6.07) is 16.3. The van der Waals surface area contributed by atoms with Gasteiger partial charge >= 0.3 is 0 Å². The molecular weight excluding hydrogens is 344 g/mol. The van der Waals surface area contributed by atoms with Crippen molar-refractivity contribution < 1.29 is 4.42 Å². The minimum absolute atomic E-state index is 0.560. The van der Waals surface area contributed by atoms with Gasteiger partial charge in [-0.3, -0.25) is 0 Å². The maximum Gasteiger partial charge on any atom is 0.277 e. The van der Waals surface area contributed by atoms with Crippen LogP contribution in [-0.2, 0) is 5.75 Å². The van der Waals surface area contributed by atoms with Crippen LogP contribution < -0.4 is 0 Å². The molecule has 4 rings (SSSR count). The third kappa shape index (κ3) is 3.55. The van der Waals surface area contributed by atoms with Gasteiger partial charge in [0.2, 0.25) is 5.89 Å². The molecule has 2 heterocycles. The molecule has 0 amide bonds. The SMILES string of the molecule is Cc1ccc(-c2nnc(SCc3ccc(-n4cccn4)cc3)o2)cc1C. The molecule has 2 aromatic carbocycles. The summed E-state index contributed by atoms with van der Waals surface area (Å²) in [5.41, 5.74) is 5.65. The zero-order chi connectivity index (χ0) is 17.9. The number of hydrogen-bond donors (Lipinski definition) is 0. The molecular formula is C20H18N4OS. The van der Waals surface area contributed by atoms with Crippen molar-refractivity contribution in [3.8, 4) is 17.1 Å². The molecule has 0 N–H and O–H groups in total. The van der Waals surface area contributed by atoms with E-state index in [1.165, 1.54) is 28.5 Å². The van der Waals surface area contributed by atoms with Gasteiger partial charge in [-0.1, -0.05) is 30.0 Å². The molecule has 0 radical (unpaired) electrons. The predicted molar refractivity (Wildman–Crippen MR) is 102 cm³/mol. The van der Waals surface area contributed by atoms with Crippen molar-refractivity contribution >= 4 is 11.8 Å². The molecule has 4 aromatic rings. The number of rotatable bonds is 5. The highest BCUT2D eigenvalue weighted by Crippen LogP contribution is 2.27. The largest absolute Gasteiger partial charge is 0.411 e. The Morgan fingerprint density at radius 1 is 1.00 bits per heavy atom. The van der Waals surface area contributed by atoms with Crippen LogP contribution in [-0.4, -0.2) is 20.0 Å². The van der Waals surface area contributed by atoms with Gasteiger partial charge in [-0.25, -0.2) is 4.68 Å². The van der Waals surface area contributed by atoms with Gasteiger partial charge in [0.25, 0.3) is 5.22 Å². The molecule has 0 atom stereocenters. The van der Waals surface area contributed by atoms with Crippen LogP contribution in [0.15, 0.2) is 70.6 Å². The Hall–Kier alpha value is -2.86. The molecule has 0 bridgehead atoms. The van der Waals surface area contributed by atoms with Crippen LogP contribution in [0.1, 0.15) is 16.7 Å². The van der Waals surface area contributed by atoms with Crippen LogP contribution in [0.4, 0.5) is 0 Å². The van der Waals surface area contributed by atoms with E-state index >= 15 is 0 Å². The average molecular weight is 362 g/mol. The second-order valence-electron chi connectivity index (χ2n) is 6.08. The lowest BCUT2D eigenvalue weighted by atomic mass is 10.1. The van der Waals surface area contributed by atoms with E-state index in [2.05, 4.69) is 65.5 Å². The second kappa shape index (κ2) is 7.17. The smallest absolute Gasteiger partial charge is 0.277 e. The molecule has 6 heteroatoms. The Balaban J connectivity index is 1.42. The Bertz CT molecular complexity index is 1010. The van der Waals surface area contributed by atoms with Gasteiger partial charge in [0.1, 0.15) is 0 Å². The number of aromatic nitrogens is 4. The first kappa shape index (κ1) is 16.6. The summed E-state index contributed by atoms with van der Waals surface area (Å²) >= 11 is 1.54. The lowest BCUT2D eigenvalue weighted by molar-refractivity contribution is 0.466. The van der Waals surface area contributed by atoms with Crippen LogP contribution in [0.3, 0.4) is 0 Å². The highest BCUT2D eigenvalue weighted by Gasteiger charge is 2.10. The summed E-state index contributed by atoms with van der Waals surface area (Å²) < 4.78 is 7.63. The van der Waals surface area contributed by atoms with E-state index < -0.39 is 0 Å². The molecule has 0 aliphatic carbocycles. The first-order valence-electron chi connectivity index (χ1n) is 8.32. The van der Waals surface area contributed by atoms with Crippen molar-refractivity contribution in [2.45, 2.75) is 24.8 Å². The summed E-state index contributed by atoms with van der Waals surface area (Å²) in [5, 5.41) is 13.1. The zero-order valence-electron chi connectivity index (χ0n) is 14.6. The van der Waals surface area contributed by atoms with Gasteiger partial charge in [-0.05, 0) is 60.9 Å². The average Bonchev–Trinajstić information content (AvgIpc) is 3.35. The maximum absolute atomic E-state index is 5.80. The molecule has 26 heavy (non-hydrogen) atoms. The fourth-order valence-corrected chi connectivity index (χ4v) is 3.29. The van der Waals surface area contributed by atoms with Gasteiger partial charge in [0.05, 0.1) is 5.69 Å². The van der Waals surface area contributed by atoms with Gasteiger partial charge < -0.3 is 4.42 Å². The van der Waals surface area contributed by atoms with Crippen molar-refractivity contribution in [3.05, 3.63) is 77.6 Å². The third-order valence-electron chi connectivity index (χ3n) is 4.23. The Morgan fingerprint density at radius 3 is 2.58 bits per heavy atom. The summed E-state index contributed by atoms with van der Waals surface area (Å²) in [6.45, 7) is 4.17. The van der Waals surface area contributed by atoms with Crippen LogP contribution in [0, 0.1) is 13.8 Å². The monoisotopic (exact) mass is 362 g/mol. The molecule has 2 aromatic heterocycles. The zero-order valence-corrected chi connectivity index (χ0v) is 15.4. The number of benzene rings is 2. The van der Waals surface area contributed by atoms with Gasteiger partial charge in [0, 0.05) is 23.7 Å². The van der Waals surface area contributed by atoms with E-state index in [0.29, 0.717) is 11.1 Å². The fraction of sp³-hybridized carbons (Fsp3) is 0.150. The molecule has 0 unspecified atom stereocenters. The predicted octanol–water partition coefficient (Wildman–Crippen LogP) is 4.83. The summed E-state index contributed by atoms with van der Waals surface area (Å²) in [7, 11) is 0. The van der Waals surface area contributed by atoms with Crippen molar-refractivity contribution in [3.63, 3.8) is 0 Å². The van der Waals surface area contributed by atoms with Crippen molar-refractivity contribution in [2.24, 2.45) is 0 Å².